The highest BCUT2D eigenvalue weighted by molar-refractivity contribution is 6.31. The Kier molecular flexibility index (Phi) is 4.86. The van der Waals surface area contributed by atoms with Crippen LogP contribution >= 0.6 is 0 Å². The van der Waals surface area contributed by atoms with E-state index in [4.69, 9.17) is 11.2 Å². The molecule has 1 fully saturated rings. The Balaban J connectivity index is 2.01. The minimum absolute atomic E-state index is 0.0652. The molecule has 1 heterocycles. The van der Waals surface area contributed by atoms with E-state index < -0.39 is 16.7 Å². The second kappa shape index (κ2) is 7.41. The number of nitrogens with one attached hydrogen (secondary N) is 1. The van der Waals surface area contributed by atoms with E-state index >= 15 is 0 Å². The smallest absolute Gasteiger partial charge is 0.282 e. The monoisotopic (exact) mass is 363 g/mol. The lowest BCUT2D eigenvalue weighted by Crippen LogP contribution is -2.35. The molecule has 1 N–H and O–H groups in total. The maximum atomic E-state index is 12.6. The number of nitro benzene ring substituents is 1. The molecule has 1 aliphatic rings. The van der Waals surface area contributed by atoms with Gasteiger partial charge in [-0.25, -0.2) is 5.01 Å². The van der Waals surface area contributed by atoms with Crippen LogP contribution in [0.4, 0.5) is 11.4 Å². The number of benzene rings is 2. The summed E-state index contributed by atoms with van der Waals surface area (Å²) in [6, 6.07) is 12.4. The van der Waals surface area contributed by atoms with Gasteiger partial charge >= 0.3 is 0 Å². The Labute approximate surface area is 154 Å². The number of hydrogen-bond acceptors (Lipinski definition) is 5. The Morgan fingerprint density at radius 2 is 1.96 bits per heavy atom. The molecule has 0 atom stereocenters. The van der Waals surface area contributed by atoms with Crippen LogP contribution < -0.4 is 15.2 Å². The lowest BCUT2D eigenvalue weighted by Gasteiger charge is -2.13. The van der Waals surface area contributed by atoms with Crippen LogP contribution in [0.5, 0.6) is 5.75 Å². The first-order valence-corrected chi connectivity index (χ1v) is 7.78. The van der Waals surface area contributed by atoms with Crippen molar-refractivity contribution in [2.75, 3.05) is 11.6 Å². The number of non-ortho nitro benzene ring substituents is 1. The first kappa shape index (κ1) is 17.7. The van der Waals surface area contributed by atoms with Crippen molar-refractivity contribution in [1.82, 2.24) is 5.43 Å². The predicted octanol–water partition coefficient (Wildman–Crippen LogP) is 2.07. The first-order chi connectivity index (χ1) is 13.0. The van der Waals surface area contributed by atoms with E-state index in [0.29, 0.717) is 5.69 Å². The molecule has 0 bridgehead atoms. The summed E-state index contributed by atoms with van der Waals surface area (Å²) in [4.78, 5) is 35.4. The van der Waals surface area contributed by atoms with Crippen molar-refractivity contribution < 1.29 is 19.2 Å². The normalized spacial score (nSPS) is 14.8. The van der Waals surface area contributed by atoms with E-state index in [1.54, 1.807) is 30.3 Å². The van der Waals surface area contributed by atoms with Gasteiger partial charge in [-0.3, -0.25) is 25.1 Å². The van der Waals surface area contributed by atoms with Crippen molar-refractivity contribution in [3.63, 3.8) is 0 Å². The average Bonchev–Trinajstić information content (AvgIpc) is 2.95. The third kappa shape index (κ3) is 3.62. The van der Waals surface area contributed by atoms with E-state index in [1.165, 1.54) is 24.3 Å². The summed E-state index contributed by atoms with van der Waals surface area (Å²) >= 11 is 0. The zero-order valence-corrected chi connectivity index (χ0v) is 13.9. The molecular weight excluding hydrogens is 350 g/mol. The van der Waals surface area contributed by atoms with Crippen molar-refractivity contribution in [3.8, 4) is 18.1 Å². The molecule has 1 saturated heterocycles. The van der Waals surface area contributed by atoms with Gasteiger partial charge in [0.25, 0.3) is 17.5 Å². The van der Waals surface area contributed by atoms with Gasteiger partial charge in [-0.15, -0.1) is 6.42 Å². The number of nitro groups is 1. The third-order valence-corrected chi connectivity index (χ3v) is 3.72. The summed E-state index contributed by atoms with van der Waals surface area (Å²) in [5, 5.41) is 12.1. The number of hydrazine groups is 1. The van der Waals surface area contributed by atoms with Gasteiger partial charge in [0.05, 0.1) is 10.6 Å². The van der Waals surface area contributed by atoms with Crippen LogP contribution in [0.1, 0.15) is 5.56 Å². The molecule has 2 aromatic carbocycles. The SMILES string of the molecule is C#CCOc1ccc([N+](=O)[O-])cc1/C=C1/C(=O)NN(c2ccccc2)C1=O. The van der Waals surface area contributed by atoms with E-state index in [2.05, 4.69) is 11.3 Å². The van der Waals surface area contributed by atoms with Gasteiger partial charge in [0.15, 0.2) is 0 Å². The molecule has 0 aromatic heterocycles. The summed E-state index contributed by atoms with van der Waals surface area (Å²) in [7, 11) is 0. The number of carbonyl (C=O) groups is 2. The molecule has 0 unspecified atom stereocenters. The molecule has 0 radical (unpaired) electrons. The molecule has 0 saturated carbocycles. The van der Waals surface area contributed by atoms with Crippen molar-refractivity contribution in [1.29, 1.82) is 0 Å². The second-order valence-corrected chi connectivity index (χ2v) is 5.45. The van der Waals surface area contributed by atoms with Gasteiger partial charge in [0.1, 0.15) is 17.9 Å². The molecule has 8 nitrogen and oxygen atoms in total. The van der Waals surface area contributed by atoms with Crippen molar-refractivity contribution in [2.24, 2.45) is 0 Å². The highest BCUT2D eigenvalue weighted by atomic mass is 16.6. The highest BCUT2D eigenvalue weighted by Gasteiger charge is 2.34. The Bertz CT molecular complexity index is 992. The van der Waals surface area contributed by atoms with E-state index in [0.717, 1.165) is 5.01 Å². The number of para-hydroxylation sites is 1. The zero-order chi connectivity index (χ0) is 19.4. The fraction of sp³-hybridized carbons (Fsp3) is 0.0526. The van der Waals surface area contributed by atoms with Gasteiger partial charge in [-0.05, 0) is 24.3 Å². The van der Waals surface area contributed by atoms with Crippen LogP contribution in [-0.2, 0) is 9.59 Å². The molecule has 0 aliphatic carbocycles. The number of anilines is 1. The number of ether oxygens (including phenoxy) is 1. The van der Waals surface area contributed by atoms with Crippen LogP contribution in [0, 0.1) is 22.5 Å². The molecule has 3 rings (SSSR count). The van der Waals surface area contributed by atoms with Gasteiger partial charge in [-0.1, -0.05) is 24.1 Å². The fourth-order valence-corrected chi connectivity index (χ4v) is 2.48. The molecular formula is C19H13N3O5. The second-order valence-electron chi connectivity index (χ2n) is 5.45. The van der Waals surface area contributed by atoms with Crippen molar-refractivity contribution >= 4 is 29.3 Å². The lowest BCUT2D eigenvalue weighted by molar-refractivity contribution is -0.384. The quantitative estimate of drug-likeness (QED) is 0.288. The van der Waals surface area contributed by atoms with Crippen LogP contribution in [0.15, 0.2) is 54.1 Å². The largest absolute Gasteiger partial charge is 0.480 e. The summed E-state index contributed by atoms with van der Waals surface area (Å²) in [5.74, 6) is 1.31. The average molecular weight is 363 g/mol. The van der Waals surface area contributed by atoms with E-state index in [-0.39, 0.29) is 29.2 Å². The summed E-state index contributed by atoms with van der Waals surface area (Å²) in [6.07, 6.45) is 6.42. The summed E-state index contributed by atoms with van der Waals surface area (Å²) < 4.78 is 5.35. The lowest BCUT2D eigenvalue weighted by atomic mass is 10.1. The van der Waals surface area contributed by atoms with Gasteiger partial charge < -0.3 is 4.74 Å². The summed E-state index contributed by atoms with van der Waals surface area (Å²) in [5.41, 5.74) is 2.77. The van der Waals surface area contributed by atoms with E-state index in [1.807, 2.05) is 0 Å². The number of amides is 2. The van der Waals surface area contributed by atoms with Crippen LogP contribution in [0.3, 0.4) is 0 Å². The third-order valence-electron chi connectivity index (χ3n) is 3.72. The highest BCUT2D eigenvalue weighted by Crippen LogP contribution is 2.28. The minimum Gasteiger partial charge on any atom is -0.480 e. The number of terminal acetylenes is 1. The number of carbonyl (C=O) groups excluding carboxylic acids is 2. The molecule has 134 valence electrons. The number of hydrogen-bond donors (Lipinski definition) is 1. The summed E-state index contributed by atoms with van der Waals surface area (Å²) in [6.45, 7) is -0.0652. The van der Waals surface area contributed by atoms with Crippen molar-refractivity contribution in [3.05, 3.63) is 69.8 Å². The Hall–Kier alpha value is -4.12. The van der Waals surface area contributed by atoms with Crippen LogP contribution in [0.25, 0.3) is 6.08 Å². The Morgan fingerprint density at radius 3 is 2.63 bits per heavy atom. The maximum absolute atomic E-state index is 12.6. The molecule has 0 spiro atoms. The van der Waals surface area contributed by atoms with E-state index in [9.17, 15) is 19.7 Å². The minimum atomic E-state index is -0.627. The van der Waals surface area contributed by atoms with Gasteiger partial charge in [0, 0.05) is 17.7 Å². The first-order valence-electron chi connectivity index (χ1n) is 7.78. The molecule has 27 heavy (non-hydrogen) atoms. The number of rotatable bonds is 5. The number of nitrogens with zero attached hydrogens (tertiary/aromatic N) is 2. The zero-order valence-electron chi connectivity index (χ0n) is 13.9. The topological polar surface area (TPSA) is 102 Å². The van der Waals surface area contributed by atoms with Crippen LogP contribution in [-0.4, -0.2) is 23.3 Å². The van der Waals surface area contributed by atoms with Gasteiger partial charge in [-0.2, -0.15) is 0 Å². The van der Waals surface area contributed by atoms with Crippen LogP contribution in [0.2, 0.25) is 0 Å². The molecule has 8 heteroatoms. The molecule has 2 aromatic rings. The van der Waals surface area contributed by atoms with Gasteiger partial charge in [0.2, 0.25) is 0 Å². The maximum Gasteiger partial charge on any atom is 0.282 e. The molecule has 1 aliphatic heterocycles. The predicted molar refractivity (Wildman–Crippen MR) is 97.5 cm³/mol. The Morgan fingerprint density at radius 1 is 1.22 bits per heavy atom. The van der Waals surface area contributed by atoms with Crippen molar-refractivity contribution in [2.45, 2.75) is 0 Å². The molecule has 2 amide bonds. The fourth-order valence-electron chi connectivity index (χ4n) is 2.48. The standard InChI is InChI=1S/C19H13N3O5/c1-2-10-27-17-9-8-15(22(25)26)11-13(17)12-16-18(23)20-21(19(16)24)14-6-4-3-5-7-14/h1,3-9,11-12H,10H2,(H,20,23)/b16-12-.